The number of carbonyl (C=O) groups excluding carboxylic acids is 2. The molecule has 6 nitrogen and oxygen atoms in total. The lowest BCUT2D eigenvalue weighted by Gasteiger charge is -2.23. The molecule has 0 saturated carbocycles. The summed E-state index contributed by atoms with van der Waals surface area (Å²) in [4.78, 5) is 24.7. The third-order valence-electron chi connectivity index (χ3n) is 3.52. The summed E-state index contributed by atoms with van der Waals surface area (Å²) < 4.78 is 18.6. The first kappa shape index (κ1) is 16.4. The van der Waals surface area contributed by atoms with Gasteiger partial charge in [-0.1, -0.05) is 12.1 Å². The molecule has 1 fully saturated rings. The molecule has 0 spiro atoms. The summed E-state index contributed by atoms with van der Waals surface area (Å²) in [5.41, 5.74) is 0.000381. The first-order chi connectivity index (χ1) is 10.7. The van der Waals surface area contributed by atoms with Crippen LogP contribution in [0.15, 0.2) is 24.3 Å². The van der Waals surface area contributed by atoms with Crippen molar-refractivity contribution in [1.82, 2.24) is 5.32 Å². The fraction of sp³-hybridized carbons (Fsp3) is 0.467. The molecule has 1 aromatic rings. The molecule has 0 aliphatic carbocycles. The fourth-order valence-electron chi connectivity index (χ4n) is 2.27. The quantitative estimate of drug-likeness (QED) is 0.492. The van der Waals surface area contributed by atoms with Crippen molar-refractivity contribution in [3.05, 3.63) is 30.1 Å². The largest absolute Gasteiger partial charge is 0.370 e. The van der Waals surface area contributed by atoms with E-state index in [9.17, 15) is 14.0 Å². The molecule has 1 aliphatic heterocycles. The summed E-state index contributed by atoms with van der Waals surface area (Å²) in [5.74, 6) is -2.18. The van der Waals surface area contributed by atoms with Crippen LogP contribution in [0.4, 0.5) is 10.1 Å². The van der Waals surface area contributed by atoms with E-state index in [2.05, 4.69) is 10.6 Å². The zero-order valence-corrected chi connectivity index (χ0v) is 12.4. The number of rotatable bonds is 5. The number of halogens is 1. The predicted molar refractivity (Wildman–Crippen MR) is 79.0 cm³/mol. The zero-order valence-electron chi connectivity index (χ0n) is 12.4. The zero-order chi connectivity index (χ0) is 15.8. The van der Waals surface area contributed by atoms with Crippen molar-refractivity contribution in [1.29, 1.82) is 0 Å². The Labute approximate surface area is 128 Å². The number of nitrogens with one attached hydrogen (secondary N) is 3. The molecule has 2 amide bonds. The number of quaternary nitrogens is 1. The molecule has 3 N–H and O–H groups in total. The van der Waals surface area contributed by atoms with Crippen LogP contribution in [0.5, 0.6) is 0 Å². The van der Waals surface area contributed by atoms with Crippen molar-refractivity contribution in [3.63, 3.8) is 0 Å². The Morgan fingerprint density at radius 1 is 1.18 bits per heavy atom. The van der Waals surface area contributed by atoms with Crippen LogP contribution in [0.25, 0.3) is 0 Å². The second-order valence-electron chi connectivity index (χ2n) is 5.16. The van der Waals surface area contributed by atoms with Gasteiger partial charge in [0.05, 0.1) is 25.4 Å². The molecular weight excluding hydrogens is 289 g/mol. The van der Waals surface area contributed by atoms with Crippen molar-refractivity contribution in [3.8, 4) is 0 Å². The normalized spacial score (nSPS) is 15.3. The third kappa shape index (κ3) is 5.09. The summed E-state index contributed by atoms with van der Waals surface area (Å²) in [7, 11) is 0. The summed E-state index contributed by atoms with van der Waals surface area (Å²) >= 11 is 0. The van der Waals surface area contributed by atoms with Crippen LogP contribution in [0.3, 0.4) is 0 Å². The van der Waals surface area contributed by atoms with E-state index in [1.807, 2.05) is 0 Å². The molecule has 0 unspecified atom stereocenters. The van der Waals surface area contributed by atoms with Gasteiger partial charge in [-0.05, 0) is 12.1 Å². The van der Waals surface area contributed by atoms with Gasteiger partial charge in [-0.2, -0.15) is 0 Å². The average molecular weight is 310 g/mol. The number of morpholine rings is 1. The summed E-state index contributed by atoms with van der Waals surface area (Å²) in [6.45, 7) is 4.84. The van der Waals surface area contributed by atoms with Gasteiger partial charge in [0.1, 0.15) is 18.9 Å². The van der Waals surface area contributed by atoms with E-state index in [0.29, 0.717) is 6.54 Å². The van der Waals surface area contributed by atoms with Crippen LogP contribution >= 0.6 is 0 Å². The Kier molecular flexibility index (Phi) is 6.29. The molecule has 1 heterocycles. The molecule has 22 heavy (non-hydrogen) atoms. The Hall–Kier alpha value is -1.99. The van der Waals surface area contributed by atoms with Crippen LogP contribution < -0.4 is 15.5 Å². The second-order valence-corrected chi connectivity index (χ2v) is 5.16. The van der Waals surface area contributed by atoms with Crippen LogP contribution in [-0.2, 0) is 14.3 Å². The number of hydrogen-bond donors (Lipinski definition) is 3. The number of ether oxygens (including phenoxy) is 1. The maximum atomic E-state index is 13.4. The van der Waals surface area contributed by atoms with Gasteiger partial charge < -0.3 is 20.3 Å². The van der Waals surface area contributed by atoms with Gasteiger partial charge >= 0.3 is 11.8 Å². The molecular formula is C15H21FN3O3+. The van der Waals surface area contributed by atoms with Gasteiger partial charge in [0, 0.05) is 13.0 Å². The van der Waals surface area contributed by atoms with Crippen LogP contribution in [0, 0.1) is 5.82 Å². The highest BCUT2D eigenvalue weighted by atomic mass is 19.1. The number of carbonyl (C=O) groups is 2. The van der Waals surface area contributed by atoms with Gasteiger partial charge in [0.25, 0.3) is 0 Å². The van der Waals surface area contributed by atoms with Crippen molar-refractivity contribution >= 4 is 17.5 Å². The lowest BCUT2D eigenvalue weighted by molar-refractivity contribution is -0.908. The van der Waals surface area contributed by atoms with E-state index < -0.39 is 17.6 Å². The number of hydrogen-bond acceptors (Lipinski definition) is 3. The minimum absolute atomic E-state index is 0.000381. The second kappa shape index (κ2) is 8.45. The highest BCUT2D eigenvalue weighted by molar-refractivity contribution is 6.39. The molecule has 2 rings (SSSR count). The maximum absolute atomic E-state index is 13.4. The molecule has 1 aliphatic rings. The van der Waals surface area contributed by atoms with Crippen LogP contribution in [-0.4, -0.2) is 51.2 Å². The van der Waals surface area contributed by atoms with E-state index in [1.54, 1.807) is 6.07 Å². The highest BCUT2D eigenvalue weighted by Crippen LogP contribution is 2.11. The SMILES string of the molecule is O=C(NCCC[NH+]1CCOCC1)C(=O)Nc1ccccc1F. The van der Waals surface area contributed by atoms with Crippen molar-refractivity contribution in [2.45, 2.75) is 6.42 Å². The van der Waals surface area contributed by atoms with Gasteiger partial charge in [-0.15, -0.1) is 0 Å². The van der Waals surface area contributed by atoms with E-state index in [0.717, 1.165) is 39.3 Å². The minimum Gasteiger partial charge on any atom is -0.370 e. The molecule has 0 radical (unpaired) electrons. The number of amides is 2. The van der Waals surface area contributed by atoms with Crippen molar-refractivity contribution < 1.29 is 23.6 Å². The monoisotopic (exact) mass is 310 g/mol. The fourth-order valence-corrected chi connectivity index (χ4v) is 2.27. The Balaban J connectivity index is 1.66. The molecule has 0 atom stereocenters. The Morgan fingerprint density at radius 2 is 1.91 bits per heavy atom. The molecule has 0 bridgehead atoms. The smallest absolute Gasteiger partial charge is 0.313 e. The van der Waals surface area contributed by atoms with Gasteiger partial charge in [-0.25, -0.2) is 4.39 Å². The Morgan fingerprint density at radius 3 is 2.64 bits per heavy atom. The van der Waals surface area contributed by atoms with Gasteiger partial charge in [0.15, 0.2) is 0 Å². The highest BCUT2D eigenvalue weighted by Gasteiger charge is 2.16. The number of anilines is 1. The lowest BCUT2D eigenvalue weighted by Crippen LogP contribution is -3.14. The molecule has 1 aromatic carbocycles. The van der Waals surface area contributed by atoms with Gasteiger partial charge in [0.2, 0.25) is 0 Å². The summed E-state index contributed by atoms with van der Waals surface area (Å²) in [5, 5.41) is 4.80. The first-order valence-corrected chi connectivity index (χ1v) is 7.42. The molecule has 0 aromatic heterocycles. The van der Waals surface area contributed by atoms with E-state index >= 15 is 0 Å². The molecule has 7 heteroatoms. The summed E-state index contributed by atoms with van der Waals surface area (Å²) in [6, 6.07) is 5.72. The predicted octanol–water partition coefficient (Wildman–Crippen LogP) is -0.814. The van der Waals surface area contributed by atoms with E-state index in [1.165, 1.54) is 23.1 Å². The van der Waals surface area contributed by atoms with Crippen molar-refractivity contribution in [2.75, 3.05) is 44.7 Å². The maximum Gasteiger partial charge on any atom is 0.313 e. The molecule has 1 saturated heterocycles. The Bertz CT molecular complexity index is 519. The van der Waals surface area contributed by atoms with Crippen LogP contribution in [0.1, 0.15) is 6.42 Å². The van der Waals surface area contributed by atoms with Crippen molar-refractivity contribution in [2.24, 2.45) is 0 Å². The average Bonchev–Trinajstić information content (AvgIpc) is 2.54. The van der Waals surface area contributed by atoms with Crippen LogP contribution in [0.2, 0.25) is 0 Å². The topological polar surface area (TPSA) is 71.9 Å². The minimum atomic E-state index is -0.858. The summed E-state index contributed by atoms with van der Waals surface area (Å²) in [6.07, 6.45) is 0.786. The van der Waals surface area contributed by atoms with E-state index in [-0.39, 0.29) is 5.69 Å². The lowest BCUT2D eigenvalue weighted by atomic mass is 10.3. The number of para-hydroxylation sites is 1. The number of benzene rings is 1. The third-order valence-corrected chi connectivity index (χ3v) is 3.52. The first-order valence-electron chi connectivity index (χ1n) is 7.42. The molecule has 120 valence electrons. The standard InChI is InChI=1S/C15H20FN3O3/c16-12-4-1-2-5-13(12)18-15(21)14(20)17-6-3-7-19-8-10-22-11-9-19/h1-2,4-5H,3,6-11H2,(H,17,20)(H,18,21)/p+1. The van der Waals surface area contributed by atoms with E-state index in [4.69, 9.17) is 4.74 Å². The van der Waals surface area contributed by atoms with Gasteiger partial charge in [-0.3, -0.25) is 9.59 Å².